The van der Waals surface area contributed by atoms with E-state index in [1.54, 1.807) is 13.8 Å². The number of nitrogens with zero attached hydrogens (tertiary/aromatic N) is 2. The van der Waals surface area contributed by atoms with Crippen molar-refractivity contribution in [2.24, 2.45) is 5.73 Å². The number of aromatic nitrogens is 2. The van der Waals surface area contributed by atoms with E-state index < -0.39 is 11.6 Å². The van der Waals surface area contributed by atoms with Crippen LogP contribution in [0, 0.1) is 0 Å². The van der Waals surface area contributed by atoms with Gasteiger partial charge in [0.15, 0.2) is 5.69 Å². The van der Waals surface area contributed by atoms with E-state index in [1.807, 2.05) is 0 Å². The fourth-order valence-corrected chi connectivity index (χ4v) is 0.756. The Labute approximate surface area is 82.3 Å². The highest BCUT2D eigenvalue weighted by Gasteiger charge is 2.22. The van der Waals surface area contributed by atoms with Crippen molar-refractivity contribution in [3.05, 3.63) is 24.3 Å². The summed E-state index contributed by atoms with van der Waals surface area (Å²) in [4.78, 5) is 18.9. The summed E-state index contributed by atoms with van der Waals surface area (Å²) in [5.74, 6) is -0.483. The molecule has 0 spiro atoms. The summed E-state index contributed by atoms with van der Waals surface area (Å²) in [5.41, 5.74) is 5.00. The fraction of sp³-hybridized carbons (Fsp3) is 0.444. The molecule has 1 rings (SSSR count). The minimum absolute atomic E-state index is 0.238. The first-order valence-corrected chi connectivity index (χ1v) is 4.24. The second-order valence-corrected chi connectivity index (χ2v) is 3.45. The van der Waals surface area contributed by atoms with Crippen LogP contribution in [-0.4, -0.2) is 28.1 Å². The van der Waals surface area contributed by atoms with Crippen LogP contribution in [0.15, 0.2) is 18.6 Å². The minimum atomic E-state index is -0.665. The molecule has 0 fully saturated rings. The Morgan fingerprint density at radius 2 is 2.36 bits per heavy atom. The molecule has 14 heavy (non-hydrogen) atoms. The van der Waals surface area contributed by atoms with Gasteiger partial charge in [-0.3, -0.25) is 0 Å². The van der Waals surface area contributed by atoms with Gasteiger partial charge in [-0.2, -0.15) is 0 Å². The van der Waals surface area contributed by atoms with Crippen LogP contribution >= 0.6 is 0 Å². The molecule has 0 aliphatic rings. The van der Waals surface area contributed by atoms with Crippen LogP contribution < -0.4 is 5.73 Å². The SMILES string of the molecule is CC(C)(CN)OC(=O)c1ccncn1. The molecule has 2 N–H and O–H groups in total. The van der Waals surface area contributed by atoms with E-state index in [0.717, 1.165) is 0 Å². The molecule has 0 aliphatic heterocycles. The summed E-state index contributed by atoms with van der Waals surface area (Å²) < 4.78 is 5.12. The van der Waals surface area contributed by atoms with Crippen molar-refractivity contribution in [2.45, 2.75) is 19.4 Å². The Morgan fingerprint density at radius 1 is 1.64 bits per heavy atom. The van der Waals surface area contributed by atoms with Crippen LogP contribution in [0.4, 0.5) is 0 Å². The average molecular weight is 195 g/mol. The Hall–Kier alpha value is -1.49. The maximum Gasteiger partial charge on any atom is 0.357 e. The Morgan fingerprint density at radius 3 is 2.86 bits per heavy atom. The Kier molecular flexibility index (Phi) is 3.14. The van der Waals surface area contributed by atoms with Crippen LogP contribution in [-0.2, 0) is 4.74 Å². The van der Waals surface area contributed by atoms with Crippen molar-refractivity contribution in [3.8, 4) is 0 Å². The van der Waals surface area contributed by atoms with Crippen molar-refractivity contribution >= 4 is 5.97 Å². The molecule has 5 nitrogen and oxygen atoms in total. The summed E-state index contributed by atoms with van der Waals surface area (Å²) in [6.45, 7) is 3.75. The van der Waals surface area contributed by atoms with Gasteiger partial charge >= 0.3 is 5.97 Å². The molecular weight excluding hydrogens is 182 g/mol. The second kappa shape index (κ2) is 4.15. The molecule has 1 heterocycles. The molecular formula is C9H13N3O2. The van der Waals surface area contributed by atoms with E-state index >= 15 is 0 Å². The lowest BCUT2D eigenvalue weighted by Gasteiger charge is -2.22. The van der Waals surface area contributed by atoms with Gasteiger partial charge in [-0.05, 0) is 19.9 Å². The van der Waals surface area contributed by atoms with Gasteiger partial charge in [0.25, 0.3) is 0 Å². The molecule has 5 heteroatoms. The third-order valence-electron chi connectivity index (χ3n) is 1.65. The predicted molar refractivity (Wildman–Crippen MR) is 50.6 cm³/mol. The van der Waals surface area contributed by atoms with Crippen molar-refractivity contribution in [3.63, 3.8) is 0 Å². The fourth-order valence-electron chi connectivity index (χ4n) is 0.756. The standard InChI is InChI=1S/C9H13N3O2/c1-9(2,5-10)14-8(13)7-3-4-11-6-12-7/h3-4,6H,5,10H2,1-2H3. The van der Waals surface area contributed by atoms with Crippen LogP contribution in [0.5, 0.6) is 0 Å². The van der Waals surface area contributed by atoms with E-state index in [4.69, 9.17) is 10.5 Å². The number of esters is 1. The Balaban J connectivity index is 2.69. The zero-order chi connectivity index (χ0) is 10.6. The van der Waals surface area contributed by atoms with Crippen LogP contribution in [0.25, 0.3) is 0 Å². The van der Waals surface area contributed by atoms with Crippen molar-refractivity contribution in [2.75, 3.05) is 6.54 Å². The monoisotopic (exact) mass is 195 g/mol. The highest BCUT2D eigenvalue weighted by molar-refractivity contribution is 5.87. The van der Waals surface area contributed by atoms with Crippen LogP contribution in [0.1, 0.15) is 24.3 Å². The molecule has 0 aliphatic carbocycles. The van der Waals surface area contributed by atoms with E-state index in [9.17, 15) is 4.79 Å². The molecule has 1 aromatic rings. The van der Waals surface area contributed by atoms with Gasteiger partial charge < -0.3 is 10.5 Å². The van der Waals surface area contributed by atoms with Gasteiger partial charge in [-0.1, -0.05) is 0 Å². The molecule has 0 radical (unpaired) electrons. The number of nitrogens with two attached hydrogens (primary N) is 1. The molecule has 0 saturated carbocycles. The largest absolute Gasteiger partial charge is 0.454 e. The average Bonchev–Trinajstić information content (AvgIpc) is 2.19. The number of hydrogen-bond acceptors (Lipinski definition) is 5. The summed E-state index contributed by atoms with van der Waals surface area (Å²) in [5, 5.41) is 0. The topological polar surface area (TPSA) is 78.1 Å². The maximum absolute atomic E-state index is 11.5. The van der Waals surface area contributed by atoms with Crippen molar-refractivity contribution < 1.29 is 9.53 Å². The zero-order valence-electron chi connectivity index (χ0n) is 8.23. The number of rotatable bonds is 3. The van der Waals surface area contributed by atoms with Gasteiger partial charge in [-0.15, -0.1) is 0 Å². The highest BCUT2D eigenvalue weighted by Crippen LogP contribution is 2.09. The highest BCUT2D eigenvalue weighted by atomic mass is 16.6. The maximum atomic E-state index is 11.5. The lowest BCUT2D eigenvalue weighted by Crippen LogP contribution is -2.36. The molecule has 0 bridgehead atoms. The summed E-state index contributed by atoms with van der Waals surface area (Å²) in [6, 6.07) is 1.49. The molecule has 0 atom stereocenters. The van der Waals surface area contributed by atoms with E-state index in [1.165, 1.54) is 18.6 Å². The summed E-state index contributed by atoms with van der Waals surface area (Å²) >= 11 is 0. The number of ether oxygens (including phenoxy) is 1. The first kappa shape index (κ1) is 10.6. The van der Waals surface area contributed by atoms with E-state index in [-0.39, 0.29) is 12.2 Å². The zero-order valence-corrected chi connectivity index (χ0v) is 8.23. The molecule has 0 aromatic carbocycles. The predicted octanol–water partition coefficient (Wildman–Crippen LogP) is 0.371. The van der Waals surface area contributed by atoms with Gasteiger partial charge in [-0.25, -0.2) is 14.8 Å². The van der Waals surface area contributed by atoms with Gasteiger partial charge in [0, 0.05) is 12.7 Å². The van der Waals surface area contributed by atoms with Gasteiger partial charge in [0.05, 0.1) is 0 Å². The van der Waals surface area contributed by atoms with Crippen LogP contribution in [0.3, 0.4) is 0 Å². The molecule has 0 saturated heterocycles. The Bertz CT molecular complexity index is 311. The van der Waals surface area contributed by atoms with Gasteiger partial charge in [0.1, 0.15) is 11.9 Å². The first-order chi connectivity index (χ1) is 6.55. The minimum Gasteiger partial charge on any atom is -0.454 e. The molecule has 1 aromatic heterocycles. The smallest absolute Gasteiger partial charge is 0.357 e. The quantitative estimate of drug-likeness (QED) is 0.705. The third-order valence-corrected chi connectivity index (χ3v) is 1.65. The number of carbonyl (C=O) groups excluding carboxylic acids is 1. The van der Waals surface area contributed by atoms with Crippen molar-refractivity contribution in [1.82, 2.24) is 9.97 Å². The van der Waals surface area contributed by atoms with Crippen molar-refractivity contribution in [1.29, 1.82) is 0 Å². The van der Waals surface area contributed by atoms with E-state index in [0.29, 0.717) is 0 Å². The third kappa shape index (κ3) is 2.77. The molecule has 76 valence electrons. The first-order valence-electron chi connectivity index (χ1n) is 4.24. The summed E-state index contributed by atoms with van der Waals surface area (Å²) in [7, 11) is 0. The number of hydrogen-bond donors (Lipinski definition) is 1. The second-order valence-electron chi connectivity index (χ2n) is 3.45. The van der Waals surface area contributed by atoms with Crippen LogP contribution in [0.2, 0.25) is 0 Å². The van der Waals surface area contributed by atoms with Gasteiger partial charge in [0.2, 0.25) is 0 Å². The normalized spacial score (nSPS) is 11.1. The van der Waals surface area contributed by atoms with E-state index in [2.05, 4.69) is 9.97 Å². The molecule has 0 amide bonds. The molecule has 0 unspecified atom stereocenters. The lowest BCUT2D eigenvalue weighted by atomic mass is 10.1. The number of carbonyl (C=O) groups is 1. The lowest BCUT2D eigenvalue weighted by molar-refractivity contribution is 0.00224. The summed E-state index contributed by atoms with van der Waals surface area (Å²) in [6.07, 6.45) is 2.78.